The molecule has 0 bridgehead atoms. The first-order valence-electron chi connectivity index (χ1n) is 12.7. The summed E-state index contributed by atoms with van der Waals surface area (Å²) in [5.74, 6) is 1.17. The predicted octanol–water partition coefficient (Wildman–Crippen LogP) is 3.58. The number of amides is 3. The van der Waals surface area contributed by atoms with E-state index in [0.717, 1.165) is 36.2 Å². The van der Waals surface area contributed by atoms with Gasteiger partial charge in [-0.15, -0.1) is 0 Å². The maximum atomic E-state index is 13.4. The predicted molar refractivity (Wildman–Crippen MR) is 140 cm³/mol. The second-order valence-corrected chi connectivity index (χ2v) is 10.8. The summed E-state index contributed by atoms with van der Waals surface area (Å²) in [6.45, 7) is 5.02. The third kappa shape index (κ3) is 6.34. The fraction of sp³-hybridized carbons (Fsp3) is 0.556. The summed E-state index contributed by atoms with van der Waals surface area (Å²) in [6, 6.07) is 10.6. The highest BCUT2D eigenvalue weighted by Crippen LogP contribution is 2.24. The molecule has 188 valence electrons. The summed E-state index contributed by atoms with van der Waals surface area (Å²) in [5, 5.41) is 3.91. The van der Waals surface area contributed by atoms with Crippen LogP contribution in [0.1, 0.15) is 49.5 Å². The number of aromatic nitrogens is 1. The van der Waals surface area contributed by atoms with Crippen molar-refractivity contribution in [2.75, 3.05) is 38.2 Å². The number of nitrogens with zero attached hydrogens (tertiary/aromatic N) is 3. The Kier molecular flexibility index (Phi) is 8.65. The lowest BCUT2D eigenvalue weighted by atomic mass is 9.92. The van der Waals surface area contributed by atoms with Crippen LogP contribution in [-0.2, 0) is 9.59 Å². The van der Waals surface area contributed by atoms with E-state index in [4.69, 9.17) is 0 Å². The standard InChI is InChI=1S/C27H36N4O3S/c1-19-6-5-14-31(18-19)26(33)21-11-15-30(16-12-21)27(34)24(13-17-35-2)29-25(32)23-10-9-20-7-3-4-8-22(20)28-23/h3-4,7-10,19,21,24H,5-6,11-18H2,1-2H3,(H,29,32). The van der Waals surface area contributed by atoms with Crippen LogP contribution < -0.4 is 5.32 Å². The number of thioether (sulfide) groups is 1. The minimum Gasteiger partial charge on any atom is -0.342 e. The third-order valence-electron chi connectivity index (χ3n) is 7.17. The first-order valence-corrected chi connectivity index (χ1v) is 14.1. The molecule has 1 aromatic carbocycles. The number of carbonyl (C=O) groups excluding carboxylic acids is 3. The van der Waals surface area contributed by atoms with Crippen molar-refractivity contribution < 1.29 is 14.4 Å². The molecule has 2 fully saturated rings. The number of rotatable bonds is 7. The molecular weight excluding hydrogens is 460 g/mol. The molecule has 2 unspecified atom stereocenters. The number of hydrogen-bond acceptors (Lipinski definition) is 5. The highest BCUT2D eigenvalue weighted by atomic mass is 32.2. The zero-order chi connectivity index (χ0) is 24.8. The van der Waals surface area contributed by atoms with Gasteiger partial charge in [0.15, 0.2) is 0 Å². The SMILES string of the molecule is CSCCC(NC(=O)c1ccc2ccccc2n1)C(=O)N1CCC(C(=O)N2CCCC(C)C2)CC1. The molecule has 2 saturated heterocycles. The molecule has 35 heavy (non-hydrogen) atoms. The van der Waals surface area contributed by atoms with E-state index in [1.807, 2.05) is 46.4 Å². The van der Waals surface area contributed by atoms with Crippen LogP contribution in [0.5, 0.6) is 0 Å². The Bertz CT molecular complexity index is 1050. The molecule has 0 saturated carbocycles. The van der Waals surface area contributed by atoms with Gasteiger partial charge in [-0.3, -0.25) is 14.4 Å². The van der Waals surface area contributed by atoms with Crippen LogP contribution in [0.15, 0.2) is 36.4 Å². The number of carbonyl (C=O) groups is 3. The van der Waals surface area contributed by atoms with Crippen molar-refractivity contribution in [1.82, 2.24) is 20.1 Å². The van der Waals surface area contributed by atoms with Crippen molar-refractivity contribution in [3.63, 3.8) is 0 Å². The van der Waals surface area contributed by atoms with E-state index in [1.54, 1.807) is 17.8 Å². The molecule has 0 spiro atoms. The summed E-state index contributed by atoms with van der Waals surface area (Å²) >= 11 is 1.65. The van der Waals surface area contributed by atoms with E-state index in [2.05, 4.69) is 17.2 Å². The lowest BCUT2D eigenvalue weighted by Crippen LogP contribution is -2.52. The Morgan fingerprint density at radius 1 is 1.06 bits per heavy atom. The van der Waals surface area contributed by atoms with Crippen LogP contribution in [-0.4, -0.2) is 76.7 Å². The zero-order valence-electron chi connectivity index (χ0n) is 20.7. The van der Waals surface area contributed by atoms with Gasteiger partial charge in [0.05, 0.1) is 5.52 Å². The molecule has 2 aliphatic rings. The smallest absolute Gasteiger partial charge is 0.270 e. The van der Waals surface area contributed by atoms with Crippen LogP contribution in [0, 0.1) is 11.8 Å². The normalized spacial score (nSPS) is 20.0. The number of hydrogen-bond donors (Lipinski definition) is 1. The third-order valence-corrected chi connectivity index (χ3v) is 7.81. The van der Waals surface area contributed by atoms with Crippen LogP contribution in [0.4, 0.5) is 0 Å². The molecule has 7 nitrogen and oxygen atoms in total. The summed E-state index contributed by atoms with van der Waals surface area (Å²) < 4.78 is 0. The van der Waals surface area contributed by atoms with Crippen LogP contribution in [0.25, 0.3) is 10.9 Å². The van der Waals surface area contributed by atoms with Gasteiger partial charge in [0, 0.05) is 37.5 Å². The van der Waals surface area contributed by atoms with Crippen molar-refractivity contribution in [2.45, 2.75) is 45.1 Å². The van der Waals surface area contributed by atoms with E-state index >= 15 is 0 Å². The van der Waals surface area contributed by atoms with E-state index in [9.17, 15) is 14.4 Å². The van der Waals surface area contributed by atoms with E-state index < -0.39 is 6.04 Å². The Hall–Kier alpha value is -2.61. The first kappa shape index (κ1) is 25.5. The Balaban J connectivity index is 1.36. The van der Waals surface area contributed by atoms with Crippen molar-refractivity contribution in [2.24, 2.45) is 11.8 Å². The molecule has 2 aromatic rings. The van der Waals surface area contributed by atoms with Crippen molar-refractivity contribution >= 4 is 40.4 Å². The molecule has 0 aliphatic carbocycles. The molecule has 3 heterocycles. The monoisotopic (exact) mass is 496 g/mol. The van der Waals surface area contributed by atoms with Gasteiger partial charge in [-0.05, 0) is 62.2 Å². The van der Waals surface area contributed by atoms with Crippen molar-refractivity contribution in [3.05, 3.63) is 42.1 Å². The molecular formula is C27H36N4O3S. The quantitative estimate of drug-likeness (QED) is 0.634. The number of pyridine rings is 1. The van der Waals surface area contributed by atoms with Crippen LogP contribution in [0.2, 0.25) is 0 Å². The summed E-state index contributed by atoms with van der Waals surface area (Å²) in [6.07, 6.45) is 6.19. The average molecular weight is 497 g/mol. The summed E-state index contributed by atoms with van der Waals surface area (Å²) in [5.41, 5.74) is 1.06. The van der Waals surface area contributed by atoms with Gasteiger partial charge >= 0.3 is 0 Å². The number of piperidine rings is 2. The van der Waals surface area contributed by atoms with E-state index in [0.29, 0.717) is 44.0 Å². The maximum absolute atomic E-state index is 13.4. The van der Waals surface area contributed by atoms with Gasteiger partial charge in [-0.2, -0.15) is 11.8 Å². The number of para-hydroxylation sites is 1. The average Bonchev–Trinajstić information content (AvgIpc) is 2.90. The molecule has 8 heteroatoms. The van der Waals surface area contributed by atoms with Gasteiger partial charge < -0.3 is 15.1 Å². The maximum Gasteiger partial charge on any atom is 0.270 e. The number of fused-ring (bicyclic) bond motifs is 1. The van der Waals surface area contributed by atoms with E-state index in [-0.39, 0.29) is 23.6 Å². The summed E-state index contributed by atoms with van der Waals surface area (Å²) in [7, 11) is 0. The highest BCUT2D eigenvalue weighted by Gasteiger charge is 2.34. The Labute approximate surface area is 212 Å². The van der Waals surface area contributed by atoms with Crippen molar-refractivity contribution in [1.29, 1.82) is 0 Å². The fourth-order valence-corrected chi connectivity index (χ4v) is 5.60. The summed E-state index contributed by atoms with van der Waals surface area (Å²) in [4.78, 5) is 47.7. The minimum atomic E-state index is -0.599. The molecule has 1 aromatic heterocycles. The lowest BCUT2D eigenvalue weighted by molar-refractivity contribution is -0.142. The zero-order valence-corrected chi connectivity index (χ0v) is 21.6. The number of likely N-dealkylation sites (tertiary alicyclic amines) is 2. The van der Waals surface area contributed by atoms with E-state index in [1.165, 1.54) is 6.42 Å². The second kappa shape index (κ2) is 11.9. The van der Waals surface area contributed by atoms with Gasteiger partial charge in [-0.25, -0.2) is 4.98 Å². The van der Waals surface area contributed by atoms with Gasteiger partial charge in [0.1, 0.15) is 11.7 Å². The molecule has 2 atom stereocenters. The Morgan fingerprint density at radius 3 is 2.57 bits per heavy atom. The number of benzene rings is 1. The first-order chi connectivity index (χ1) is 17.0. The van der Waals surface area contributed by atoms with Crippen LogP contribution in [0.3, 0.4) is 0 Å². The molecule has 2 aliphatic heterocycles. The van der Waals surface area contributed by atoms with Crippen molar-refractivity contribution in [3.8, 4) is 0 Å². The second-order valence-electron chi connectivity index (χ2n) is 9.83. The number of nitrogens with one attached hydrogen (secondary N) is 1. The topological polar surface area (TPSA) is 82.6 Å². The van der Waals surface area contributed by atoms with Gasteiger partial charge in [0.2, 0.25) is 11.8 Å². The van der Waals surface area contributed by atoms with Crippen LogP contribution >= 0.6 is 11.8 Å². The lowest BCUT2D eigenvalue weighted by Gasteiger charge is -2.38. The molecule has 3 amide bonds. The fourth-order valence-electron chi connectivity index (χ4n) is 5.13. The highest BCUT2D eigenvalue weighted by molar-refractivity contribution is 7.98. The Morgan fingerprint density at radius 2 is 1.83 bits per heavy atom. The molecule has 0 radical (unpaired) electrons. The largest absolute Gasteiger partial charge is 0.342 e. The molecule has 4 rings (SSSR count). The van der Waals surface area contributed by atoms with Gasteiger partial charge in [0.25, 0.3) is 5.91 Å². The van der Waals surface area contributed by atoms with Gasteiger partial charge in [-0.1, -0.05) is 31.2 Å². The molecule has 1 N–H and O–H groups in total. The minimum absolute atomic E-state index is 0.00890.